The molecule has 0 amide bonds. The molecule has 0 unspecified atom stereocenters. The first-order chi connectivity index (χ1) is 6.31. The molecule has 0 atom stereocenters. The third-order valence-corrected chi connectivity index (χ3v) is 5.08. The minimum absolute atomic E-state index is 0.791. The van der Waals surface area contributed by atoms with Crippen molar-refractivity contribution in [2.75, 3.05) is 0 Å². The number of thiophene rings is 1. The lowest BCUT2D eigenvalue weighted by atomic mass is 9.86. The van der Waals surface area contributed by atoms with E-state index >= 15 is 0 Å². The summed E-state index contributed by atoms with van der Waals surface area (Å²) in [7, 11) is 0. The summed E-state index contributed by atoms with van der Waals surface area (Å²) in [5, 5.41) is 0. The Morgan fingerprint density at radius 3 is 2.92 bits per heavy atom. The lowest BCUT2D eigenvalue weighted by Gasteiger charge is -2.20. The molecule has 0 saturated heterocycles. The van der Waals surface area contributed by atoms with Crippen LogP contribution in [0.5, 0.6) is 0 Å². The van der Waals surface area contributed by atoms with Crippen LogP contribution in [0.25, 0.3) is 0 Å². The number of rotatable bonds is 1. The Labute approximate surface area is 84.0 Å². The van der Waals surface area contributed by atoms with Gasteiger partial charge in [-0.05, 0) is 55.6 Å². The predicted molar refractivity (Wildman–Crippen MR) is 57.4 cm³/mol. The van der Waals surface area contributed by atoms with E-state index in [1.807, 2.05) is 0 Å². The summed E-state index contributed by atoms with van der Waals surface area (Å²) < 4.78 is 0. The van der Waals surface area contributed by atoms with Gasteiger partial charge in [0.05, 0.1) is 0 Å². The first-order valence-corrected chi connectivity index (χ1v) is 6.23. The van der Waals surface area contributed by atoms with Crippen LogP contribution in [-0.4, -0.2) is 0 Å². The van der Waals surface area contributed by atoms with E-state index in [0.29, 0.717) is 0 Å². The molecule has 1 aromatic rings. The van der Waals surface area contributed by atoms with Crippen molar-refractivity contribution in [1.82, 2.24) is 0 Å². The number of fused-ring (bicyclic) bond motifs is 1. The van der Waals surface area contributed by atoms with Gasteiger partial charge in [-0.2, -0.15) is 0 Å². The summed E-state index contributed by atoms with van der Waals surface area (Å²) in [4.78, 5) is 3.30. The molecule has 0 radical (unpaired) electrons. The van der Waals surface area contributed by atoms with Crippen LogP contribution in [0.15, 0.2) is 6.07 Å². The van der Waals surface area contributed by atoms with E-state index in [1.54, 1.807) is 15.3 Å². The molecule has 2 aliphatic rings. The smallest absolute Gasteiger partial charge is 0.00805 e. The van der Waals surface area contributed by atoms with Gasteiger partial charge in [0, 0.05) is 9.75 Å². The molecular formula is C12H16S. The van der Waals surface area contributed by atoms with Crippen LogP contribution < -0.4 is 0 Å². The van der Waals surface area contributed by atoms with Gasteiger partial charge in [0.2, 0.25) is 0 Å². The SMILES string of the molecule is CCc1cc2c(s1)CCC1(CC1)C2. The van der Waals surface area contributed by atoms with Crippen LogP contribution in [0.1, 0.15) is 41.5 Å². The highest BCUT2D eigenvalue weighted by atomic mass is 32.1. The summed E-state index contributed by atoms with van der Waals surface area (Å²) in [5.74, 6) is 0. The second kappa shape index (κ2) is 2.60. The minimum Gasteiger partial charge on any atom is -0.145 e. The van der Waals surface area contributed by atoms with Gasteiger partial charge in [-0.3, -0.25) is 0 Å². The van der Waals surface area contributed by atoms with Gasteiger partial charge in [0.25, 0.3) is 0 Å². The first kappa shape index (κ1) is 8.05. The van der Waals surface area contributed by atoms with Crippen LogP contribution in [0, 0.1) is 5.41 Å². The first-order valence-electron chi connectivity index (χ1n) is 5.42. The third kappa shape index (κ3) is 1.25. The van der Waals surface area contributed by atoms with Crippen molar-refractivity contribution >= 4 is 11.3 Å². The highest BCUT2D eigenvalue weighted by Gasteiger charge is 2.44. The molecule has 0 aromatic carbocycles. The predicted octanol–water partition coefficient (Wildman–Crippen LogP) is 3.58. The summed E-state index contributed by atoms with van der Waals surface area (Å²) >= 11 is 2.06. The standard InChI is InChI=1S/C12H16S/c1-2-10-7-9-8-12(5-6-12)4-3-11(9)13-10/h7H,2-6,8H2,1H3. The van der Waals surface area contributed by atoms with Crippen molar-refractivity contribution in [1.29, 1.82) is 0 Å². The van der Waals surface area contributed by atoms with Crippen molar-refractivity contribution in [3.05, 3.63) is 21.4 Å². The number of hydrogen-bond donors (Lipinski definition) is 0. The molecule has 1 heteroatoms. The van der Waals surface area contributed by atoms with E-state index in [2.05, 4.69) is 24.3 Å². The molecule has 0 N–H and O–H groups in total. The van der Waals surface area contributed by atoms with Crippen LogP contribution in [0.3, 0.4) is 0 Å². The highest BCUT2D eigenvalue weighted by Crippen LogP contribution is 2.55. The van der Waals surface area contributed by atoms with Gasteiger partial charge in [-0.1, -0.05) is 6.92 Å². The van der Waals surface area contributed by atoms with Crippen molar-refractivity contribution in [2.24, 2.45) is 5.41 Å². The fourth-order valence-corrected chi connectivity index (χ4v) is 3.67. The molecule has 1 spiro atoms. The Morgan fingerprint density at radius 2 is 2.23 bits per heavy atom. The average molecular weight is 192 g/mol. The zero-order valence-electron chi connectivity index (χ0n) is 8.23. The third-order valence-electron chi connectivity index (χ3n) is 3.70. The van der Waals surface area contributed by atoms with Crippen molar-refractivity contribution < 1.29 is 0 Å². The monoisotopic (exact) mass is 192 g/mol. The molecule has 1 heterocycles. The summed E-state index contributed by atoms with van der Waals surface area (Å²) in [6.07, 6.45) is 8.49. The van der Waals surface area contributed by atoms with Crippen LogP contribution in [-0.2, 0) is 19.3 Å². The second-order valence-electron chi connectivity index (χ2n) is 4.69. The van der Waals surface area contributed by atoms with E-state index in [9.17, 15) is 0 Å². The van der Waals surface area contributed by atoms with E-state index in [0.717, 1.165) is 5.41 Å². The van der Waals surface area contributed by atoms with Gasteiger partial charge in [-0.25, -0.2) is 0 Å². The largest absolute Gasteiger partial charge is 0.145 e. The number of hydrogen-bond acceptors (Lipinski definition) is 1. The van der Waals surface area contributed by atoms with Crippen molar-refractivity contribution in [2.45, 2.75) is 45.4 Å². The maximum atomic E-state index is 2.47. The Morgan fingerprint density at radius 1 is 1.38 bits per heavy atom. The zero-order chi connectivity index (χ0) is 8.89. The van der Waals surface area contributed by atoms with Gasteiger partial charge in [0.1, 0.15) is 0 Å². The molecule has 13 heavy (non-hydrogen) atoms. The topological polar surface area (TPSA) is 0 Å². The van der Waals surface area contributed by atoms with Gasteiger partial charge in [-0.15, -0.1) is 11.3 Å². The molecule has 3 rings (SSSR count). The summed E-state index contributed by atoms with van der Waals surface area (Å²) in [6, 6.07) is 2.47. The maximum absolute atomic E-state index is 2.47. The fraction of sp³-hybridized carbons (Fsp3) is 0.667. The Bertz CT molecular complexity index is 331. The van der Waals surface area contributed by atoms with Crippen LogP contribution in [0.4, 0.5) is 0 Å². The molecule has 0 nitrogen and oxygen atoms in total. The molecule has 2 aliphatic carbocycles. The molecule has 1 aromatic heterocycles. The minimum atomic E-state index is 0.791. The highest BCUT2D eigenvalue weighted by molar-refractivity contribution is 7.12. The molecule has 70 valence electrons. The van der Waals surface area contributed by atoms with Crippen molar-refractivity contribution in [3.8, 4) is 0 Å². The molecule has 0 aliphatic heterocycles. The van der Waals surface area contributed by atoms with Crippen molar-refractivity contribution in [3.63, 3.8) is 0 Å². The Kier molecular flexibility index (Phi) is 1.61. The zero-order valence-corrected chi connectivity index (χ0v) is 9.04. The number of aryl methyl sites for hydroxylation is 2. The molecule has 1 fully saturated rings. The van der Waals surface area contributed by atoms with E-state index in [-0.39, 0.29) is 0 Å². The van der Waals surface area contributed by atoms with E-state index < -0.39 is 0 Å². The van der Waals surface area contributed by atoms with Gasteiger partial charge >= 0.3 is 0 Å². The van der Waals surface area contributed by atoms with E-state index in [1.165, 1.54) is 38.5 Å². The quantitative estimate of drug-likeness (QED) is 0.638. The molecular weight excluding hydrogens is 176 g/mol. The maximum Gasteiger partial charge on any atom is 0.00805 e. The van der Waals surface area contributed by atoms with Crippen LogP contribution in [0.2, 0.25) is 0 Å². The van der Waals surface area contributed by atoms with E-state index in [4.69, 9.17) is 0 Å². The van der Waals surface area contributed by atoms with Gasteiger partial charge < -0.3 is 0 Å². The summed E-state index contributed by atoms with van der Waals surface area (Å²) in [6.45, 7) is 2.27. The fourth-order valence-electron chi connectivity index (χ4n) is 2.54. The summed E-state index contributed by atoms with van der Waals surface area (Å²) in [5.41, 5.74) is 2.49. The normalized spacial score (nSPS) is 23.2. The second-order valence-corrected chi connectivity index (χ2v) is 5.91. The molecule has 0 bridgehead atoms. The van der Waals surface area contributed by atoms with Crippen LogP contribution >= 0.6 is 11.3 Å². The lowest BCUT2D eigenvalue weighted by Crippen LogP contribution is -2.12. The Hall–Kier alpha value is -0.300. The lowest BCUT2D eigenvalue weighted by molar-refractivity contribution is 0.442. The molecule has 1 saturated carbocycles. The average Bonchev–Trinajstić information content (AvgIpc) is 2.77. The van der Waals surface area contributed by atoms with Gasteiger partial charge in [0.15, 0.2) is 0 Å². The Balaban J connectivity index is 1.94.